The molecule has 5 rings (SSSR count). The summed E-state index contributed by atoms with van der Waals surface area (Å²) in [6.07, 6.45) is 3.48. The molecular formula is C27H29N7O. The Morgan fingerprint density at radius 1 is 1.00 bits per heavy atom. The quantitative estimate of drug-likeness (QED) is 0.424. The molecule has 3 aromatic heterocycles. The van der Waals surface area contributed by atoms with Gasteiger partial charge < -0.3 is 4.90 Å². The molecule has 1 fully saturated rings. The Morgan fingerprint density at radius 2 is 1.77 bits per heavy atom. The van der Waals surface area contributed by atoms with Crippen LogP contribution in [0, 0.1) is 19.8 Å². The van der Waals surface area contributed by atoms with E-state index >= 15 is 0 Å². The Labute approximate surface area is 205 Å². The maximum Gasteiger partial charge on any atom is 0.233 e. The number of carbonyl (C=O) groups excluding carboxylic acids is 1. The van der Waals surface area contributed by atoms with E-state index in [2.05, 4.69) is 25.2 Å². The second kappa shape index (κ2) is 10.0. The molecular weight excluding hydrogens is 438 g/mol. The summed E-state index contributed by atoms with van der Waals surface area (Å²) < 4.78 is 1.79. The average Bonchev–Trinajstić information content (AvgIpc) is 3.25. The van der Waals surface area contributed by atoms with Gasteiger partial charge in [0.15, 0.2) is 11.6 Å². The van der Waals surface area contributed by atoms with Gasteiger partial charge in [-0.15, -0.1) is 10.2 Å². The van der Waals surface area contributed by atoms with Crippen LogP contribution in [0.5, 0.6) is 0 Å². The number of hydrogen-bond acceptors (Lipinski definition) is 6. The summed E-state index contributed by atoms with van der Waals surface area (Å²) in [6, 6.07) is 21.6. The molecule has 1 aliphatic rings. The fourth-order valence-corrected chi connectivity index (χ4v) is 4.62. The van der Waals surface area contributed by atoms with Crippen molar-refractivity contribution in [3.63, 3.8) is 0 Å². The molecule has 1 amide bonds. The van der Waals surface area contributed by atoms with Crippen LogP contribution in [0.4, 0.5) is 11.6 Å². The lowest BCUT2D eigenvalue weighted by Gasteiger charge is -2.35. The number of nitrogens with zero attached hydrogens (tertiary/aromatic N) is 7. The topological polar surface area (TPSA) is 80.0 Å². The first-order valence-corrected chi connectivity index (χ1v) is 12.0. The minimum absolute atomic E-state index is 0.0875. The van der Waals surface area contributed by atoms with E-state index in [4.69, 9.17) is 0 Å². The number of amides is 1. The molecule has 0 N–H and O–H groups in total. The minimum Gasteiger partial charge on any atom is -0.354 e. The van der Waals surface area contributed by atoms with Crippen molar-refractivity contribution in [2.24, 2.45) is 5.92 Å². The van der Waals surface area contributed by atoms with Gasteiger partial charge in [0.1, 0.15) is 5.82 Å². The Bertz CT molecular complexity index is 1270. The van der Waals surface area contributed by atoms with E-state index in [0.29, 0.717) is 24.7 Å². The minimum atomic E-state index is -0.146. The van der Waals surface area contributed by atoms with Crippen LogP contribution in [0.1, 0.15) is 29.8 Å². The predicted octanol–water partition coefficient (Wildman–Crippen LogP) is 4.12. The molecule has 0 saturated carbocycles. The molecule has 1 aromatic carbocycles. The fraction of sp³-hybridized carbons (Fsp3) is 0.296. The third kappa shape index (κ3) is 5.06. The molecule has 0 aliphatic carbocycles. The van der Waals surface area contributed by atoms with Gasteiger partial charge in [-0.3, -0.25) is 9.69 Å². The van der Waals surface area contributed by atoms with E-state index in [9.17, 15) is 4.79 Å². The van der Waals surface area contributed by atoms with Gasteiger partial charge in [0.25, 0.3) is 0 Å². The first-order chi connectivity index (χ1) is 17.1. The molecule has 0 bridgehead atoms. The van der Waals surface area contributed by atoms with Gasteiger partial charge >= 0.3 is 0 Å². The third-order valence-corrected chi connectivity index (χ3v) is 6.33. The maximum atomic E-state index is 13.8. The summed E-state index contributed by atoms with van der Waals surface area (Å²) >= 11 is 0. The lowest BCUT2D eigenvalue weighted by molar-refractivity contribution is -0.122. The van der Waals surface area contributed by atoms with Gasteiger partial charge in [-0.1, -0.05) is 36.4 Å². The number of hydrogen-bond donors (Lipinski definition) is 0. The third-order valence-electron chi connectivity index (χ3n) is 6.33. The summed E-state index contributed by atoms with van der Waals surface area (Å²) in [5.74, 6) is 2.08. The monoisotopic (exact) mass is 467 g/mol. The number of aryl methyl sites for hydroxylation is 2. The Hall–Kier alpha value is -4.07. The van der Waals surface area contributed by atoms with Crippen molar-refractivity contribution < 1.29 is 4.79 Å². The van der Waals surface area contributed by atoms with Crippen LogP contribution in [0.25, 0.3) is 5.82 Å². The van der Waals surface area contributed by atoms with Crippen LogP contribution in [-0.2, 0) is 11.3 Å². The second-order valence-electron chi connectivity index (χ2n) is 8.97. The Balaban J connectivity index is 1.34. The van der Waals surface area contributed by atoms with Crippen molar-refractivity contribution >= 4 is 17.5 Å². The highest BCUT2D eigenvalue weighted by atomic mass is 16.2. The molecule has 4 heterocycles. The van der Waals surface area contributed by atoms with E-state index < -0.39 is 0 Å². The zero-order chi connectivity index (χ0) is 24.2. The van der Waals surface area contributed by atoms with Crippen molar-refractivity contribution in [1.29, 1.82) is 0 Å². The highest BCUT2D eigenvalue weighted by Gasteiger charge is 2.31. The Morgan fingerprint density at radius 3 is 2.46 bits per heavy atom. The standard InChI is InChI=1S/C27H29N7O/c1-20-17-21(2)34(31-20)26-14-13-25(29-30-26)32-16-8-11-23(19-32)27(35)33(24-12-6-7-15-28-24)18-22-9-4-3-5-10-22/h3-7,9-10,12-15,17,23H,8,11,16,18-19H2,1-2H3. The first-order valence-electron chi connectivity index (χ1n) is 12.0. The molecule has 4 aromatic rings. The largest absolute Gasteiger partial charge is 0.354 e. The van der Waals surface area contributed by atoms with Gasteiger partial charge in [0.2, 0.25) is 5.91 Å². The van der Waals surface area contributed by atoms with Gasteiger partial charge in [-0.05, 0) is 62.6 Å². The van der Waals surface area contributed by atoms with Gasteiger partial charge in [-0.2, -0.15) is 5.10 Å². The molecule has 1 saturated heterocycles. The van der Waals surface area contributed by atoms with E-state index in [1.54, 1.807) is 15.8 Å². The zero-order valence-corrected chi connectivity index (χ0v) is 20.1. The smallest absolute Gasteiger partial charge is 0.233 e. The van der Waals surface area contributed by atoms with Crippen molar-refractivity contribution in [3.05, 3.63) is 89.9 Å². The number of benzene rings is 1. The van der Waals surface area contributed by atoms with E-state index in [1.807, 2.05) is 80.6 Å². The van der Waals surface area contributed by atoms with Crippen molar-refractivity contribution in [2.75, 3.05) is 22.9 Å². The summed E-state index contributed by atoms with van der Waals surface area (Å²) in [5.41, 5.74) is 3.03. The van der Waals surface area contributed by atoms with Gasteiger partial charge in [0.05, 0.1) is 18.2 Å². The molecule has 178 valence electrons. The molecule has 35 heavy (non-hydrogen) atoms. The van der Waals surface area contributed by atoms with E-state index in [0.717, 1.165) is 42.2 Å². The predicted molar refractivity (Wildman–Crippen MR) is 135 cm³/mol. The van der Waals surface area contributed by atoms with Crippen LogP contribution >= 0.6 is 0 Å². The number of rotatable bonds is 6. The molecule has 1 unspecified atom stereocenters. The van der Waals surface area contributed by atoms with Crippen molar-refractivity contribution in [2.45, 2.75) is 33.2 Å². The van der Waals surface area contributed by atoms with Crippen LogP contribution in [0.2, 0.25) is 0 Å². The lowest BCUT2D eigenvalue weighted by atomic mass is 9.96. The van der Waals surface area contributed by atoms with Crippen LogP contribution < -0.4 is 9.80 Å². The summed E-state index contributed by atoms with van der Waals surface area (Å²) in [7, 11) is 0. The Kier molecular flexibility index (Phi) is 6.52. The molecule has 1 aliphatic heterocycles. The average molecular weight is 468 g/mol. The molecule has 1 atom stereocenters. The molecule has 8 heteroatoms. The first kappa shape index (κ1) is 22.7. The van der Waals surface area contributed by atoms with Gasteiger partial charge in [-0.25, -0.2) is 9.67 Å². The van der Waals surface area contributed by atoms with Crippen molar-refractivity contribution in [3.8, 4) is 5.82 Å². The molecule has 8 nitrogen and oxygen atoms in total. The number of anilines is 2. The highest BCUT2D eigenvalue weighted by molar-refractivity contribution is 5.94. The van der Waals surface area contributed by atoms with E-state index in [1.165, 1.54) is 0 Å². The zero-order valence-electron chi connectivity index (χ0n) is 20.1. The highest BCUT2D eigenvalue weighted by Crippen LogP contribution is 2.26. The molecule has 0 spiro atoms. The summed E-state index contributed by atoms with van der Waals surface area (Å²) in [5, 5.41) is 13.4. The number of piperidine rings is 1. The summed E-state index contributed by atoms with van der Waals surface area (Å²) in [6.45, 7) is 5.90. The second-order valence-corrected chi connectivity index (χ2v) is 8.97. The number of pyridine rings is 1. The van der Waals surface area contributed by atoms with Crippen LogP contribution in [-0.4, -0.2) is 44.0 Å². The number of aromatic nitrogens is 5. The van der Waals surface area contributed by atoms with E-state index in [-0.39, 0.29) is 11.8 Å². The fourth-order valence-electron chi connectivity index (χ4n) is 4.62. The van der Waals surface area contributed by atoms with Crippen molar-refractivity contribution in [1.82, 2.24) is 25.0 Å². The number of carbonyl (C=O) groups is 1. The van der Waals surface area contributed by atoms with Crippen LogP contribution in [0.15, 0.2) is 72.9 Å². The van der Waals surface area contributed by atoms with Gasteiger partial charge in [0, 0.05) is 25.0 Å². The molecule has 0 radical (unpaired) electrons. The normalized spacial score (nSPS) is 15.7. The summed E-state index contributed by atoms with van der Waals surface area (Å²) in [4.78, 5) is 22.2. The SMILES string of the molecule is Cc1cc(C)n(-c2ccc(N3CCCC(C(=O)N(Cc4ccccc4)c4ccccn4)C3)nn2)n1. The lowest BCUT2D eigenvalue weighted by Crippen LogP contribution is -2.45. The maximum absolute atomic E-state index is 13.8. The van der Waals surface area contributed by atoms with Crippen LogP contribution in [0.3, 0.4) is 0 Å².